The Kier molecular flexibility index (Phi) is 0.918. The molecule has 0 aliphatic carbocycles. The molecule has 0 saturated heterocycles. The van der Waals surface area contributed by atoms with Crippen molar-refractivity contribution in [2.45, 2.75) is 13.0 Å². The van der Waals surface area contributed by atoms with Crippen molar-refractivity contribution in [3.05, 3.63) is 30.4 Å². The fraction of sp³-hybridized carbons (Fsp3) is 0.286. The molecule has 0 unspecified atom stereocenters. The molecule has 1 aromatic heterocycles. The van der Waals surface area contributed by atoms with Gasteiger partial charge in [-0.1, -0.05) is 6.08 Å². The van der Waals surface area contributed by atoms with Crippen LogP contribution in [-0.2, 0) is 13.0 Å². The van der Waals surface area contributed by atoms with E-state index < -0.39 is 0 Å². The summed E-state index contributed by atoms with van der Waals surface area (Å²) in [4.78, 5) is 4.01. The summed E-state index contributed by atoms with van der Waals surface area (Å²) < 4.78 is 2.12. The lowest BCUT2D eigenvalue weighted by Gasteiger charge is -2.05. The lowest BCUT2D eigenvalue weighted by molar-refractivity contribution is 0.744. The van der Waals surface area contributed by atoms with Gasteiger partial charge in [-0.3, -0.25) is 0 Å². The fourth-order valence-electron chi connectivity index (χ4n) is 0.999. The third kappa shape index (κ3) is 0.669. The van der Waals surface area contributed by atoms with Gasteiger partial charge in [0.15, 0.2) is 0 Å². The number of nitrogens with zero attached hydrogens (tertiary/aromatic N) is 2. The van der Waals surface area contributed by atoms with Crippen molar-refractivity contribution in [2.24, 2.45) is 0 Å². The van der Waals surface area contributed by atoms with Gasteiger partial charge in [0, 0.05) is 24.9 Å². The maximum atomic E-state index is 4.01. The van der Waals surface area contributed by atoms with E-state index in [0.717, 1.165) is 13.0 Å². The van der Waals surface area contributed by atoms with Gasteiger partial charge in [0.05, 0.1) is 6.33 Å². The molecule has 0 atom stereocenters. The minimum atomic E-state index is 0.917. The standard InChI is InChI=1S/C7H7N2/c1-2-4-9-6-8-5-7(9)3-1/h2,5-6H,3-4H2. The van der Waals surface area contributed by atoms with Crippen molar-refractivity contribution >= 4 is 0 Å². The van der Waals surface area contributed by atoms with Crippen LogP contribution < -0.4 is 0 Å². The number of rotatable bonds is 0. The SMILES string of the molecule is [C]1=CCn2cncc2C1. The van der Waals surface area contributed by atoms with E-state index in [9.17, 15) is 0 Å². The van der Waals surface area contributed by atoms with E-state index in [1.165, 1.54) is 5.69 Å². The van der Waals surface area contributed by atoms with Crippen molar-refractivity contribution in [3.8, 4) is 0 Å². The number of imidazole rings is 1. The van der Waals surface area contributed by atoms with Crippen LogP contribution in [0.25, 0.3) is 0 Å². The van der Waals surface area contributed by atoms with Gasteiger partial charge in [0.1, 0.15) is 0 Å². The maximum absolute atomic E-state index is 4.01. The molecule has 45 valence electrons. The highest BCUT2D eigenvalue weighted by molar-refractivity contribution is 5.06. The van der Waals surface area contributed by atoms with Crippen LogP contribution in [-0.4, -0.2) is 9.55 Å². The quantitative estimate of drug-likeness (QED) is 0.494. The lowest BCUT2D eigenvalue weighted by Crippen LogP contribution is -2.03. The minimum Gasteiger partial charge on any atom is -0.330 e. The monoisotopic (exact) mass is 119 g/mol. The third-order valence-corrected chi connectivity index (χ3v) is 1.51. The first-order valence-corrected chi connectivity index (χ1v) is 3.01. The molecular weight excluding hydrogens is 112 g/mol. The molecule has 0 amide bonds. The van der Waals surface area contributed by atoms with Gasteiger partial charge in [0.25, 0.3) is 0 Å². The molecule has 0 aromatic carbocycles. The normalized spacial score (nSPS) is 15.6. The molecule has 1 radical (unpaired) electrons. The zero-order chi connectivity index (χ0) is 6.10. The largest absolute Gasteiger partial charge is 0.330 e. The van der Waals surface area contributed by atoms with Gasteiger partial charge in [-0.2, -0.15) is 0 Å². The van der Waals surface area contributed by atoms with Crippen molar-refractivity contribution in [3.63, 3.8) is 0 Å². The first-order valence-electron chi connectivity index (χ1n) is 3.01. The molecule has 2 nitrogen and oxygen atoms in total. The van der Waals surface area contributed by atoms with E-state index in [1.54, 1.807) is 0 Å². The molecule has 0 bridgehead atoms. The van der Waals surface area contributed by atoms with Gasteiger partial charge < -0.3 is 4.57 Å². The van der Waals surface area contributed by atoms with E-state index in [0.29, 0.717) is 0 Å². The summed E-state index contributed by atoms with van der Waals surface area (Å²) >= 11 is 0. The summed E-state index contributed by atoms with van der Waals surface area (Å²) in [6.07, 6.45) is 9.84. The Morgan fingerprint density at radius 3 is 3.56 bits per heavy atom. The summed E-state index contributed by atoms with van der Waals surface area (Å²) in [5.74, 6) is 0. The number of hydrogen-bond donors (Lipinski definition) is 0. The number of fused-ring (bicyclic) bond motifs is 1. The van der Waals surface area contributed by atoms with E-state index in [-0.39, 0.29) is 0 Å². The smallest absolute Gasteiger partial charge is 0.0951 e. The van der Waals surface area contributed by atoms with Crippen molar-refractivity contribution in [1.29, 1.82) is 0 Å². The van der Waals surface area contributed by atoms with Gasteiger partial charge in [-0.25, -0.2) is 4.98 Å². The van der Waals surface area contributed by atoms with Crippen molar-refractivity contribution in [1.82, 2.24) is 9.55 Å². The topological polar surface area (TPSA) is 17.8 Å². The highest BCUT2D eigenvalue weighted by atomic mass is 15.0. The average molecular weight is 119 g/mol. The Hall–Kier alpha value is -1.05. The first kappa shape index (κ1) is 4.79. The van der Waals surface area contributed by atoms with E-state index in [4.69, 9.17) is 0 Å². The lowest BCUT2D eigenvalue weighted by atomic mass is 10.2. The number of hydrogen-bond acceptors (Lipinski definition) is 1. The van der Waals surface area contributed by atoms with Crippen LogP contribution in [0.5, 0.6) is 0 Å². The third-order valence-electron chi connectivity index (χ3n) is 1.51. The molecule has 1 aliphatic heterocycles. The number of aromatic nitrogens is 2. The van der Waals surface area contributed by atoms with Crippen LogP contribution in [0.3, 0.4) is 0 Å². The Morgan fingerprint density at radius 2 is 2.67 bits per heavy atom. The molecule has 2 rings (SSSR count). The zero-order valence-corrected chi connectivity index (χ0v) is 5.04. The van der Waals surface area contributed by atoms with Crippen LogP contribution in [0.15, 0.2) is 18.6 Å². The maximum Gasteiger partial charge on any atom is 0.0951 e. The van der Waals surface area contributed by atoms with Crippen molar-refractivity contribution < 1.29 is 0 Å². The predicted molar refractivity (Wildman–Crippen MR) is 33.7 cm³/mol. The summed E-state index contributed by atoms with van der Waals surface area (Å²) in [5, 5.41) is 0. The van der Waals surface area contributed by atoms with Crippen LogP contribution in [0.1, 0.15) is 5.69 Å². The van der Waals surface area contributed by atoms with E-state index in [1.807, 2.05) is 18.6 Å². The summed E-state index contributed by atoms with van der Waals surface area (Å²) in [7, 11) is 0. The Balaban J connectivity index is 2.46. The van der Waals surface area contributed by atoms with Gasteiger partial charge in [-0.15, -0.1) is 0 Å². The molecule has 2 heteroatoms. The average Bonchev–Trinajstić information content (AvgIpc) is 2.33. The molecule has 0 fully saturated rings. The zero-order valence-electron chi connectivity index (χ0n) is 5.04. The minimum absolute atomic E-state index is 0.917. The molecule has 2 heterocycles. The molecule has 1 aliphatic rings. The molecule has 9 heavy (non-hydrogen) atoms. The predicted octanol–water partition coefficient (Wildman–Crippen LogP) is 0.799. The van der Waals surface area contributed by atoms with Gasteiger partial charge in [0.2, 0.25) is 0 Å². The number of allylic oxidation sites excluding steroid dienone is 2. The Labute approximate surface area is 53.8 Å². The molecule has 0 saturated carbocycles. The molecule has 1 aromatic rings. The molecule has 0 spiro atoms. The fourth-order valence-corrected chi connectivity index (χ4v) is 0.999. The second kappa shape index (κ2) is 1.72. The van der Waals surface area contributed by atoms with Crippen LogP contribution in [0.2, 0.25) is 0 Å². The van der Waals surface area contributed by atoms with Gasteiger partial charge >= 0.3 is 0 Å². The second-order valence-corrected chi connectivity index (χ2v) is 2.12. The first-order chi connectivity index (χ1) is 4.47. The summed E-state index contributed by atoms with van der Waals surface area (Å²) in [5.41, 5.74) is 1.26. The second-order valence-electron chi connectivity index (χ2n) is 2.12. The van der Waals surface area contributed by atoms with E-state index in [2.05, 4.69) is 15.6 Å². The highest BCUT2D eigenvalue weighted by Crippen LogP contribution is 2.05. The Morgan fingerprint density at radius 1 is 1.67 bits per heavy atom. The summed E-state index contributed by atoms with van der Waals surface area (Å²) in [6.45, 7) is 0.940. The van der Waals surface area contributed by atoms with Crippen LogP contribution in [0, 0.1) is 6.08 Å². The van der Waals surface area contributed by atoms with E-state index >= 15 is 0 Å². The molecular formula is C7H7N2. The van der Waals surface area contributed by atoms with Gasteiger partial charge in [-0.05, 0) is 6.08 Å². The van der Waals surface area contributed by atoms with Crippen molar-refractivity contribution in [2.75, 3.05) is 0 Å². The van der Waals surface area contributed by atoms with Crippen LogP contribution in [0.4, 0.5) is 0 Å². The molecule has 0 N–H and O–H groups in total. The summed E-state index contributed by atoms with van der Waals surface area (Å²) in [6, 6.07) is 0. The van der Waals surface area contributed by atoms with Crippen LogP contribution >= 0.6 is 0 Å². The highest BCUT2D eigenvalue weighted by Gasteiger charge is 2.01. The Bertz CT molecular complexity index is 212.